The van der Waals surface area contributed by atoms with Gasteiger partial charge in [0.25, 0.3) is 0 Å². The van der Waals surface area contributed by atoms with E-state index >= 15 is 0 Å². The van der Waals surface area contributed by atoms with Crippen molar-refractivity contribution < 1.29 is 24.2 Å². The van der Waals surface area contributed by atoms with Gasteiger partial charge in [-0.15, -0.1) is 0 Å². The molecule has 1 unspecified atom stereocenters. The van der Waals surface area contributed by atoms with Crippen molar-refractivity contribution in [1.82, 2.24) is 0 Å². The third kappa shape index (κ3) is 53.2. The molecule has 0 bridgehead atoms. The molecule has 66 heavy (non-hydrogen) atoms. The third-order valence-electron chi connectivity index (χ3n) is 11.6. The second-order valence-electron chi connectivity index (χ2n) is 17.9. The van der Waals surface area contributed by atoms with Crippen LogP contribution in [0.15, 0.2) is 109 Å². The number of allylic oxidation sites excluding steroid dienone is 18. The molecule has 0 aliphatic rings. The standard InChI is InChI=1S/C61H102O5/c1-3-5-7-9-11-13-15-17-19-21-23-25-26-27-28-29-30-31-32-33-34-36-37-39-41-43-45-47-49-51-53-55-60(63)65-58-59(57-62)66-61(64)56-54-52-50-48-46-44-42-40-38-35-24-22-20-18-16-14-12-10-8-6-4-2/h6,8,12,14-15,17-18,20-21,23-24,26-27,35,40,42,46,48,59,62H,3-5,7,9-11,13,16,19,22,25,28-34,36-39,41,43-45,47,49-58H2,1-2H3/b8-6-,14-12-,17-15-,20-18-,23-21-,27-26-,35-24-,42-40-,48-46-. The Labute approximate surface area is 408 Å². The van der Waals surface area contributed by atoms with E-state index in [1.54, 1.807) is 0 Å². The highest BCUT2D eigenvalue weighted by Crippen LogP contribution is 2.15. The predicted octanol–water partition coefficient (Wildman–Crippen LogP) is 18.5. The summed E-state index contributed by atoms with van der Waals surface area (Å²) in [5, 5.41) is 9.63. The van der Waals surface area contributed by atoms with Gasteiger partial charge in [-0.05, 0) is 103 Å². The van der Waals surface area contributed by atoms with E-state index in [0.717, 1.165) is 89.9 Å². The van der Waals surface area contributed by atoms with Crippen molar-refractivity contribution in [1.29, 1.82) is 0 Å². The molecule has 0 aromatic heterocycles. The Morgan fingerprint density at radius 2 is 0.652 bits per heavy atom. The number of aliphatic hydroxyl groups excluding tert-OH is 1. The average Bonchev–Trinajstić information content (AvgIpc) is 3.32. The van der Waals surface area contributed by atoms with Gasteiger partial charge in [0.05, 0.1) is 6.61 Å². The van der Waals surface area contributed by atoms with Crippen LogP contribution in [0.2, 0.25) is 0 Å². The molecule has 1 N–H and O–H groups in total. The van der Waals surface area contributed by atoms with E-state index in [-0.39, 0.29) is 25.2 Å². The largest absolute Gasteiger partial charge is 0.462 e. The Kier molecular flexibility index (Phi) is 53.0. The summed E-state index contributed by atoms with van der Waals surface area (Å²) in [6.07, 6.45) is 80.6. The van der Waals surface area contributed by atoms with Crippen LogP contribution in [0.5, 0.6) is 0 Å². The van der Waals surface area contributed by atoms with Gasteiger partial charge in [-0.2, -0.15) is 0 Å². The molecule has 0 saturated heterocycles. The van der Waals surface area contributed by atoms with Crippen LogP contribution < -0.4 is 0 Å². The maximum absolute atomic E-state index is 12.3. The van der Waals surface area contributed by atoms with Crippen molar-refractivity contribution in [2.75, 3.05) is 13.2 Å². The Bertz CT molecular complexity index is 1310. The van der Waals surface area contributed by atoms with Crippen molar-refractivity contribution in [3.8, 4) is 0 Å². The van der Waals surface area contributed by atoms with Crippen LogP contribution in [-0.2, 0) is 19.1 Å². The van der Waals surface area contributed by atoms with Crippen molar-refractivity contribution in [2.24, 2.45) is 0 Å². The lowest BCUT2D eigenvalue weighted by Gasteiger charge is -2.15. The third-order valence-corrected chi connectivity index (χ3v) is 11.6. The molecule has 0 spiro atoms. The van der Waals surface area contributed by atoms with Crippen LogP contribution in [0.25, 0.3) is 0 Å². The molecule has 0 rings (SSSR count). The van der Waals surface area contributed by atoms with Gasteiger partial charge in [-0.25, -0.2) is 0 Å². The highest BCUT2D eigenvalue weighted by atomic mass is 16.6. The smallest absolute Gasteiger partial charge is 0.306 e. The first-order valence-electron chi connectivity index (χ1n) is 27.4. The zero-order valence-electron chi connectivity index (χ0n) is 42.9. The van der Waals surface area contributed by atoms with E-state index in [1.807, 2.05) is 0 Å². The fraction of sp³-hybridized carbons (Fsp3) is 0.672. The number of ether oxygens (including phenoxy) is 2. The molecule has 376 valence electrons. The molecular weight excluding hydrogens is 813 g/mol. The topological polar surface area (TPSA) is 72.8 Å². The number of hydrogen-bond donors (Lipinski definition) is 1. The molecule has 0 fully saturated rings. The molecule has 0 aliphatic carbocycles. The van der Waals surface area contributed by atoms with E-state index in [1.165, 1.54) is 128 Å². The fourth-order valence-corrected chi connectivity index (χ4v) is 7.45. The number of carbonyl (C=O) groups is 2. The molecule has 0 saturated carbocycles. The maximum atomic E-state index is 12.3. The van der Waals surface area contributed by atoms with Gasteiger partial charge in [0.2, 0.25) is 0 Å². The highest BCUT2D eigenvalue weighted by molar-refractivity contribution is 5.70. The average molecular weight is 915 g/mol. The summed E-state index contributed by atoms with van der Waals surface area (Å²) in [5.41, 5.74) is 0. The highest BCUT2D eigenvalue weighted by Gasteiger charge is 2.16. The van der Waals surface area contributed by atoms with Crippen molar-refractivity contribution >= 4 is 11.9 Å². The molecule has 0 radical (unpaired) electrons. The lowest BCUT2D eigenvalue weighted by atomic mass is 10.0. The summed E-state index contributed by atoms with van der Waals surface area (Å²) in [7, 11) is 0. The lowest BCUT2D eigenvalue weighted by molar-refractivity contribution is -0.161. The second kappa shape index (κ2) is 55.9. The summed E-state index contributed by atoms with van der Waals surface area (Å²) in [4.78, 5) is 24.5. The minimum Gasteiger partial charge on any atom is -0.462 e. The summed E-state index contributed by atoms with van der Waals surface area (Å²) >= 11 is 0. The van der Waals surface area contributed by atoms with Crippen LogP contribution in [0, 0.1) is 0 Å². The Hall–Kier alpha value is -3.44. The molecule has 1 atom stereocenters. The molecular formula is C61H102O5. The lowest BCUT2D eigenvalue weighted by Crippen LogP contribution is -2.28. The van der Waals surface area contributed by atoms with Crippen LogP contribution >= 0.6 is 0 Å². The Morgan fingerprint density at radius 1 is 0.364 bits per heavy atom. The molecule has 0 amide bonds. The van der Waals surface area contributed by atoms with Gasteiger partial charge in [0.15, 0.2) is 6.10 Å². The minimum absolute atomic E-state index is 0.0889. The van der Waals surface area contributed by atoms with E-state index < -0.39 is 6.10 Å². The Morgan fingerprint density at radius 3 is 1.02 bits per heavy atom. The van der Waals surface area contributed by atoms with Crippen molar-refractivity contribution in [3.05, 3.63) is 109 Å². The number of aliphatic hydroxyl groups is 1. The van der Waals surface area contributed by atoms with Gasteiger partial charge in [0.1, 0.15) is 6.61 Å². The van der Waals surface area contributed by atoms with E-state index in [4.69, 9.17) is 9.47 Å². The molecule has 0 aliphatic heterocycles. The molecule has 5 nitrogen and oxygen atoms in total. The number of hydrogen-bond acceptors (Lipinski definition) is 5. The van der Waals surface area contributed by atoms with Gasteiger partial charge >= 0.3 is 11.9 Å². The SMILES string of the molecule is CC/C=C\C/C=C\C/C=C\C/C=C\C/C=C\C/C=C\CCCCC(=O)OC(CO)COC(=O)CCCCCCCCCCCCCCCCCC/C=C\C/C=C\C/C=C\CCCCCCC. The zero-order chi connectivity index (χ0) is 47.7. The number of rotatable bonds is 49. The van der Waals surface area contributed by atoms with Crippen LogP contribution in [0.3, 0.4) is 0 Å². The fourth-order valence-electron chi connectivity index (χ4n) is 7.45. The molecule has 5 heteroatoms. The summed E-state index contributed by atoms with van der Waals surface area (Å²) in [5.74, 6) is -0.643. The van der Waals surface area contributed by atoms with Crippen LogP contribution in [0.1, 0.15) is 245 Å². The summed E-state index contributed by atoms with van der Waals surface area (Å²) in [6, 6.07) is 0. The molecule has 0 heterocycles. The first kappa shape index (κ1) is 62.6. The minimum atomic E-state index is -0.802. The molecule has 0 aromatic rings. The predicted molar refractivity (Wildman–Crippen MR) is 288 cm³/mol. The van der Waals surface area contributed by atoms with Crippen LogP contribution in [-0.4, -0.2) is 36.4 Å². The summed E-state index contributed by atoms with van der Waals surface area (Å²) in [6.45, 7) is 3.98. The van der Waals surface area contributed by atoms with E-state index in [9.17, 15) is 14.7 Å². The number of unbranched alkanes of at least 4 members (excludes halogenated alkanes) is 23. The second-order valence-corrected chi connectivity index (χ2v) is 17.9. The molecule has 0 aromatic carbocycles. The van der Waals surface area contributed by atoms with Gasteiger partial charge in [-0.1, -0.05) is 239 Å². The zero-order valence-corrected chi connectivity index (χ0v) is 42.9. The first-order chi connectivity index (χ1) is 32.6. The van der Waals surface area contributed by atoms with E-state index in [0.29, 0.717) is 12.8 Å². The first-order valence-corrected chi connectivity index (χ1v) is 27.4. The van der Waals surface area contributed by atoms with Gasteiger partial charge in [0, 0.05) is 12.8 Å². The number of esters is 2. The monoisotopic (exact) mass is 915 g/mol. The summed E-state index contributed by atoms with van der Waals surface area (Å²) < 4.78 is 10.7. The van der Waals surface area contributed by atoms with Crippen molar-refractivity contribution in [2.45, 2.75) is 251 Å². The quantitative estimate of drug-likeness (QED) is 0.0374. The normalized spacial score (nSPS) is 13.1. The van der Waals surface area contributed by atoms with Crippen LogP contribution in [0.4, 0.5) is 0 Å². The van der Waals surface area contributed by atoms with Gasteiger partial charge < -0.3 is 14.6 Å². The van der Waals surface area contributed by atoms with E-state index in [2.05, 4.69) is 123 Å². The number of carbonyl (C=O) groups excluding carboxylic acids is 2. The van der Waals surface area contributed by atoms with Crippen molar-refractivity contribution in [3.63, 3.8) is 0 Å². The maximum Gasteiger partial charge on any atom is 0.306 e. The van der Waals surface area contributed by atoms with Gasteiger partial charge in [-0.3, -0.25) is 9.59 Å². The Balaban J connectivity index is 3.55.